The molecule has 0 aromatic carbocycles. The van der Waals surface area contributed by atoms with Crippen LogP contribution in [-0.4, -0.2) is 26.7 Å². The highest BCUT2D eigenvalue weighted by Crippen LogP contribution is 2.28. The number of ether oxygens (including phenoxy) is 1. The lowest BCUT2D eigenvalue weighted by Crippen LogP contribution is -2.41. The van der Waals surface area contributed by atoms with Crippen LogP contribution in [0.25, 0.3) is 0 Å². The molecule has 1 N–H and O–H groups in total. The zero-order valence-electron chi connectivity index (χ0n) is 12.2. The van der Waals surface area contributed by atoms with Crippen LogP contribution in [0.15, 0.2) is 36.7 Å². The van der Waals surface area contributed by atoms with Gasteiger partial charge in [0.2, 0.25) is 5.88 Å². The molecule has 0 aliphatic heterocycles. The van der Waals surface area contributed by atoms with Crippen molar-refractivity contribution in [3.8, 4) is 5.88 Å². The van der Waals surface area contributed by atoms with Gasteiger partial charge in [-0.2, -0.15) is 4.98 Å². The van der Waals surface area contributed by atoms with Crippen LogP contribution < -0.4 is 4.74 Å². The van der Waals surface area contributed by atoms with Crippen molar-refractivity contribution < 1.29 is 14.6 Å². The number of carbonyl (C=O) groups excluding carboxylic acids is 1. The number of aromatic nitrogens is 2. The molecule has 0 fully saturated rings. The highest BCUT2D eigenvalue weighted by Gasteiger charge is 2.36. The Kier molecular flexibility index (Phi) is 5.11. The predicted octanol–water partition coefficient (Wildman–Crippen LogP) is 3.18. The fourth-order valence-electron chi connectivity index (χ4n) is 1.98. The SMILES string of the molecule is CC(C)(Cn1cccc1)C(O)C(=O)Oc1nc(Cl)ccc1Cl. The molecule has 0 bridgehead atoms. The number of pyridine rings is 1. The van der Waals surface area contributed by atoms with Gasteiger partial charge in [-0.05, 0) is 24.3 Å². The van der Waals surface area contributed by atoms with Crippen molar-refractivity contribution in [2.45, 2.75) is 26.5 Å². The normalized spacial score (nSPS) is 13.0. The fraction of sp³-hybridized carbons (Fsp3) is 0.333. The Morgan fingerprint density at radius 2 is 2.00 bits per heavy atom. The number of hydrogen-bond donors (Lipinski definition) is 1. The molecule has 0 amide bonds. The molecule has 1 unspecified atom stereocenters. The Hall–Kier alpha value is -1.56. The highest BCUT2D eigenvalue weighted by molar-refractivity contribution is 6.33. The van der Waals surface area contributed by atoms with E-state index < -0.39 is 17.5 Å². The van der Waals surface area contributed by atoms with Gasteiger partial charge in [0, 0.05) is 24.4 Å². The monoisotopic (exact) mass is 342 g/mol. The first-order valence-corrected chi connectivity index (χ1v) is 7.38. The van der Waals surface area contributed by atoms with E-state index >= 15 is 0 Å². The van der Waals surface area contributed by atoms with E-state index in [9.17, 15) is 9.90 Å². The second-order valence-corrected chi connectivity index (χ2v) is 6.38. The molecule has 2 aromatic heterocycles. The highest BCUT2D eigenvalue weighted by atomic mass is 35.5. The van der Waals surface area contributed by atoms with Crippen molar-refractivity contribution in [2.24, 2.45) is 5.41 Å². The lowest BCUT2D eigenvalue weighted by atomic mass is 9.86. The number of aliphatic hydroxyl groups excluding tert-OH is 1. The van der Waals surface area contributed by atoms with Gasteiger partial charge in [0.25, 0.3) is 0 Å². The van der Waals surface area contributed by atoms with E-state index in [1.165, 1.54) is 12.1 Å². The Labute approximate surface area is 138 Å². The van der Waals surface area contributed by atoms with Gasteiger partial charge in [-0.15, -0.1) is 0 Å². The molecule has 0 saturated heterocycles. The molecule has 2 rings (SSSR count). The zero-order chi connectivity index (χ0) is 16.3. The van der Waals surface area contributed by atoms with Crippen molar-refractivity contribution in [3.05, 3.63) is 46.8 Å². The maximum Gasteiger partial charge on any atom is 0.342 e. The Bertz CT molecular complexity index is 657. The van der Waals surface area contributed by atoms with Crippen molar-refractivity contribution in [3.63, 3.8) is 0 Å². The van der Waals surface area contributed by atoms with Crippen LogP contribution in [0.2, 0.25) is 10.2 Å². The average molecular weight is 343 g/mol. The standard InChI is InChI=1S/C15H16Cl2N2O3/c1-15(2,9-19-7-3-4-8-19)12(20)14(21)22-13-10(16)5-6-11(17)18-13/h3-8,12,20H,9H2,1-2H3. The quantitative estimate of drug-likeness (QED) is 0.669. The van der Waals surface area contributed by atoms with Gasteiger partial charge >= 0.3 is 5.97 Å². The van der Waals surface area contributed by atoms with Crippen molar-refractivity contribution >= 4 is 29.2 Å². The van der Waals surface area contributed by atoms with Crippen molar-refractivity contribution in [2.75, 3.05) is 0 Å². The third kappa shape index (κ3) is 4.00. The van der Waals surface area contributed by atoms with Crippen molar-refractivity contribution in [1.82, 2.24) is 9.55 Å². The summed E-state index contributed by atoms with van der Waals surface area (Å²) in [5, 5.41) is 10.6. The molecule has 0 radical (unpaired) electrons. The molecule has 0 aliphatic rings. The molecule has 118 valence electrons. The van der Waals surface area contributed by atoms with Crippen LogP contribution in [-0.2, 0) is 11.3 Å². The number of hydrogen-bond acceptors (Lipinski definition) is 4. The number of carbonyl (C=O) groups is 1. The average Bonchev–Trinajstić information content (AvgIpc) is 2.94. The first kappa shape index (κ1) is 16.8. The smallest absolute Gasteiger partial charge is 0.342 e. The van der Waals surface area contributed by atoms with Gasteiger partial charge in [0.1, 0.15) is 10.2 Å². The molecule has 2 aromatic rings. The minimum absolute atomic E-state index is 0.116. The predicted molar refractivity (Wildman–Crippen MR) is 84.1 cm³/mol. The maximum atomic E-state index is 12.1. The number of nitrogens with zero attached hydrogens (tertiary/aromatic N) is 2. The van der Waals surface area contributed by atoms with Crippen LogP contribution in [0.4, 0.5) is 0 Å². The number of rotatable bonds is 5. The van der Waals surface area contributed by atoms with E-state index in [4.69, 9.17) is 27.9 Å². The van der Waals surface area contributed by atoms with Gasteiger partial charge in [-0.3, -0.25) is 0 Å². The van der Waals surface area contributed by atoms with Crippen LogP contribution in [0, 0.1) is 5.41 Å². The summed E-state index contributed by atoms with van der Waals surface area (Å²) in [6, 6.07) is 6.69. The maximum absolute atomic E-state index is 12.1. The minimum atomic E-state index is -1.34. The number of esters is 1. The van der Waals surface area contributed by atoms with Crippen LogP contribution in [0.1, 0.15) is 13.8 Å². The zero-order valence-corrected chi connectivity index (χ0v) is 13.7. The molecule has 7 heteroatoms. The van der Waals surface area contributed by atoms with Gasteiger partial charge in [-0.1, -0.05) is 37.0 Å². The molecular formula is C15H16Cl2N2O3. The first-order chi connectivity index (χ1) is 10.3. The van der Waals surface area contributed by atoms with E-state index in [0.717, 1.165) is 0 Å². The number of aliphatic hydroxyl groups is 1. The molecule has 1 atom stereocenters. The Morgan fingerprint density at radius 3 is 2.64 bits per heavy atom. The Morgan fingerprint density at radius 1 is 1.36 bits per heavy atom. The van der Waals surface area contributed by atoms with E-state index in [1.807, 2.05) is 29.1 Å². The van der Waals surface area contributed by atoms with Crippen LogP contribution >= 0.6 is 23.2 Å². The lowest BCUT2D eigenvalue weighted by molar-refractivity contribution is -0.151. The summed E-state index contributed by atoms with van der Waals surface area (Å²) in [6.07, 6.45) is 2.37. The van der Waals surface area contributed by atoms with E-state index in [2.05, 4.69) is 4.98 Å². The van der Waals surface area contributed by atoms with Crippen LogP contribution in [0.3, 0.4) is 0 Å². The summed E-state index contributed by atoms with van der Waals surface area (Å²) >= 11 is 11.6. The minimum Gasteiger partial charge on any atom is -0.404 e. The van der Waals surface area contributed by atoms with Crippen molar-refractivity contribution in [1.29, 1.82) is 0 Å². The lowest BCUT2D eigenvalue weighted by Gasteiger charge is -2.29. The second kappa shape index (κ2) is 6.69. The Balaban J connectivity index is 2.09. The first-order valence-electron chi connectivity index (χ1n) is 6.62. The second-order valence-electron chi connectivity index (χ2n) is 5.59. The summed E-state index contributed by atoms with van der Waals surface area (Å²) in [4.78, 5) is 16.0. The third-order valence-electron chi connectivity index (χ3n) is 3.20. The third-order valence-corrected chi connectivity index (χ3v) is 3.70. The molecule has 0 saturated carbocycles. The van der Waals surface area contributed by atoms with Gasteiger partial charge in [-0.25, -0.2) is 4.79 Å². The molecule has 5 nitrogen and oxygen atoms in total. The van der Waals surface area contributed by atoms with Gasteiger partial charge < -0.3 is 14.4 Å². The largest absolute Gasteiger partial charge is 0.404 e. The van der Waals surface area contributed by atoms with E-state index in [-0.39, 0.29) is 16.1 Å². The molecule has 0 spiro atoms. The fourth-order valence-corrected chi connectivity index (χ4v) is 2.26. The summed E-state index contributed by atoms with van der Waals surface area (Å²) in [5.41, 5.74) is -0.735. The molecule has 0 aliphatic carbocycles. The van der Waals surface area contributed by atoms with Gasteiger partial charge in [0.15, 0.2) is 6.10 Å². The van der Waals surface area contributed by atoms with E-state index in [1.54, 1.807) is 13.8 Å². The molecular weight excluding hydrogens is 327 g/mol. The number of halogens is 2. The summed E-state index contributed by atoms with van der Waals surface area (Å²) in [6.45, 7) is 3.99. The van der Waals surface area contributed by atoms with Gasteiger partial charge in [0.05, 0.1) is 0 Å². The molecule has 22 heavy (non-hydrogen) atoms. The van der Waals surface area contributed by atoms with E-state index in [0.29, 0.717) is 6.54 Å². The van der Waals surface area contributed by atoms with Crippen LogP contribution in [0.5, 0.6) is 5.88 Å². The molecule has 2 heterocycles. The summed E-state index contributed by atoms with van der Waals surface area (Å²) in [7, 11) is 0. The summed E-state index contributed by atoms with van der Waals surface area (Å²) in [5.74, 6) is -0.941. The summed E-state index contributed by atoms with van der Waals surface area (Å²) < 4.78 is 6.94. The topological polar surface area (TPSA) is 64.4 Å².